The van der Waals surface area contributed by atoms with Crippen molar-refractivity contribution in [2.24, 2.45) is 0 Å². The number of hydrogen-bond donors (Lipinski definition) is 2. The second-order valence-electron chi connectivity index (χ2n) is 5.69. The molecule has 0 bridgehead atoms. The van der Waals surface area contributed by atoms with Crippen molar-refractivity contribution in [2.75, 3.05) is 6.54 Å². The van der Waals surface area contributed by atoms with Crippen molar-refractivity contribution in [3.63, 3.8) is 0 Å². The number of aryl methyl sites for hydroxylation is 1. The summed E-state index contributed by atoms with van der Waals surface area (Å²) in [6, 6.07) is 6.23. The summed E-state index contributed by atoms with van der Waals surface area (Å²) < 4.78 is 12.9. The van der Waals surface area contributed by atoms with Crippen LogP contribution in [0.3, 0.4) is 0 Å². The van der Waals surface area contributed by atoms with Crippen molar-refractivity contribution in [1.82, 2.24) is 20.6 Å². The van der Waals surface area contributed by atoms with Crippen molar-refractivity contribution in [2.45, 2.75) is 32.4 Å². The normalized spacial score (nSPS) is 17.2. The fourth-order valence-corrected chi connectivity index (χ4v) is 2.66. The predicted molar refractivity (Wildman–Crippen MR) is 84.3 cm³/mol. The number of nitrogens with one attached hydrogen (secondary N) is 2. The molecule has 1 amide bonds. The smallest absolute Gasteiger partial charge is 0.254 e. The summed E-state index contributed by atoms with van der Waals surface area (Å²) in [6.45, 7) is 3.13. The Kier molecular flexibility index (Phi) is 4.62. The molecule has 1 aromatic carbocycles. The number of rotatable bonds is 4. The molecule has 5 nitrogen and oxygen atoms in total. The lowest BCUT2D eigenvalue weighted by Gasteiger charge is -2.11. The summed E-state index contributed by atoms with van der Waals surface area (Å²) in [4.78, 5) is 21.0. The third-order valence-electron chi connectivity index (χ3n) is 3.98. The summed E-state index contributed by atoms with van der Waals surface area (Å²) in [6.07, 6.45) is 3.72. The topological polar surface area (TPSA) is 66.9 Å². The third kappa shape index (κ3) is 3.71. The highest BCUT2D eigenvalue weighted by molar-refractivity contribution is 5.94. The molecule has 23 heavy (non-hydrogen) atoms. The molecule has 2 aromatic rings. The largest absolute Gasteiger partial charge is 0.348 e. The Morgan fingerprint density at radius 2 is 2.17 bits per heavy atom. The molecule has 0 unspecified atom stereocenters. The van der Waals surface area contributed by atoms with Crippen LogP contribution in [-0.4, -0.2) is 22.4 Å². The van der Waals surface area contributed by atoms with E-state index in [9.17, 15) is 9.18 Å². The molecule has 2 N–H and O–H groups in total. The van der Waals surface area contributed by atoms with Crippen molar-refractivity contribution in [3.8, 4) is 0 Å². The van der Waals surface area contributed by atoms with Crippen LogP contribution in [0.25, 0.3) is 0 Å². The molecular weight excluding hydrogens is 295 g/mol. The van der Waals surface area contributed by atoms with Crippen LogP contribution in [0.5, 0.6) is 0 Å². The molecule has 1 aliphatic heterocycles. The Morgan fingerprint density at radius 3 is 2.83 bits per heavy atom. The van der Waals surface area contributed by atoms with Gasteiger partial charge in [0.1, 0.15) is 11.6 Å². The molecule has 1 aliphatic rings. The maximum Gasteiger partial charge on any atom is 0.254 e. The monoisotopic (exact) mass is 314 g/mol. The van der Waals surface area contributed by atoms with E-state index in [1.807, 2.05) is 6.92 Å². The molecule has 120 valence electrons. The number of aromatic nitrogens is 2. The fraction of sp³-hybridized carbons (Fsp3) is 0.353. The minimum Gasteiger partial charge on any atom is -0.348 e. The third-order valence-corrected chi connectivity index (χ3v) is 3.98. The van der Waals surface area contributed by atoms with E-state index in [-0.39, 0.29) is 17.8 Å². The van der Waals surface area contributed by atoms with Gasteiger partial charge in [-0.15, -0.1) is 0 Å². The average molecular weight is 314 g/mol. The molecule has 3 rings (SSSR count). The molecule has 0 aliphatic carbocycles. The first kappa shape index (κ1) is 15.6. The Balaban J connectivity index is 1.65. The summed E-state index contributed by atoms with van der Waals surface area (Å²) in [7, 11) is 0. The van der Waals surface area contributed by atoms with Gasteiger partial charge in [-0.05, 0) is 44.0 Å². The molecule has 2 heterocycles. The van der Waals surface area contributed by atoms with Crippen LogP contribution >= 0.6 is 0 Å². The van der Waals surface area contributed by atoms with E-state index in [1.165, 1.54) is 12.1 Å². The van der Waals surface area contributed by atoms with Crippen molar-refractivity contribution < 1.29 is 9.18 Å². The minimum absolute atomic E-state index is 0.185. The molecule has 0 radical (unpaired) electrons. The lowest BCUT2D eigenvalue weighted by Crippen LogP contribution is -2.25. The number of benzene rings is 1. The van der Waals surface area contributed by atoms with Gasteiger partial charge in [0.2, 0.25) is 0 Å². The van der Waals surface area contributed by atoms with Crippen LogP contribution in [-0.2, 0) is 6.54 Å². The second-order valence-corrected chi connectivity index (χ2v) is 5.69. The highest BCUT2D eigenvalue weighted by Crippen LogP contribution is 2.20. The standard InChI is InChI=1S/C17H19FN4O/c1-11-14(10-20-16(22-11)15-3-2-8-19-15)17(23)21-9-12-4-6-13(18)7-5-12/h4-7,10,15,19H,2-3,8-9H2,1H3,(H,21,23)/t15-/m0/s1. The summed E-state index contributed by atoms with van der Waals surface area (Å²) in [5.74, 6) is 0.230. The van der Waals surface area contributed by atoms with Gasteiger partial charge in [0.15, 0.2) is 0 Å². The maximum atomic E-state index is 12.9. The average Bonchev–Trinajstić information content (AvgIpc) is 3.08. The number of nitrogens with zero attached hydrogens (tertiary/aromatic N) is 2. The van der Waals surface area contributed by atoms with Gasteiger partial charge in [0, 0.05) is 12.7 Å². The number of hydrogen-bond acceptors (Lipinski definition) is 4. The van der Waals surface area contributed by atoms with Crippen LogP contribution in [0.2, 0.25) is 0 Å². The SMILES string of the molecule is Cc1nc([C@@H]2CCCN2)ncc1C(=O)NCc1ccc(F)cc1. The first-order chi connectivity index (χ1) is 11.1. The van der Waals surface area contributed by atoms with Gasteiger partial charge in [-0.2, -0.15) is 0 Å². The zero-order valence-corrected chi connectivity index (χ0v) is 13.0. The fourth-order valence-electron chi connectivity index (χ4n) is 2.66. The zero-order valence-electron chi connectivity index (χ0n) is 13.0. The van der Waals surface area contributed by atoms with Gasteiger partial charge in [-0.1, -0.05) is 12.1 Å². The van der Waals surface area contributed by atoms with E-state index >= 15 is 0 Å². The van der Waals surface area contributed by atoms with E-state index in [0.717, 1.165) is 30.8 Å². The molecule has 0 saturated carbocycles. The lowest BCUT2D eigenvalue weighted by atomic mass is 10.1. The van der Waals surface area contributed by atoms with E-state index in [4.69, 9.17) is 0 Å². The van der Waals surface area contributed by atoms with E-state index in [1.54, 1.807) is 18.3 Å². The first-order valence-electron chi connectivity index (χ1n) is 7.73. The Bertz CT molecular complexity index is 696. The first-order valence-corrected chi connectivity index (χ1v) is 7.73. The predicted octanol–water partition coefficient (Wildman–Crippen LogP) is 2.28. The van der Waals surface area contributed by atoms with E-state index in [2.05, 4.69) is 20.6 Å². The van der Waals surface area contributed by atoms with E-state index in [0.29, 0.717) is 17.8 Å². The van der Waals surface area contributed by atoms with Crippen molar-refractivity contribution in [1.29, 1.82) is 0 Å². The van der Waals surface area contributed by atoms with Crippen LogP contribution in [0, 0.1) is 12.7 Å². The van der Waals surface area contributed by atoms with Gasteiger partial charge in [0.25, 0.3) is 5.91 Å². The second kappa shape index (κ2) is 6.83. The highest BCUT2D eigenvalue weighted by Gasteiger charge is 2.20. The van der Waals surface area contributed by atoms with Gasteiger partial charge < -0.3 is 10.6 Å². The molecule has 1 aromatic heterocycles. The van der Waals surface area contributed by atoms with Crippen LogP contribution in [0.1, 0.15) is 46.3 Å². The van der Waals surface area contributed by atoms with Crippen LogP contribution < -0.4 is 10.6 Å². The zero-order chi connectivity index (χ0) is 16.2. The molecule has 1 fully saturated rings. The number of carbonyl (C=O) groups is 1. The summed E-state index contributed by atoms with van der Waals surface area (Å²) in [5, 5.41) is 6.15. The van der Waals surface area contributed by atoms with Gasteiger partial charge in [-0.3, -0.25) is 4.79 Å². The van der Waals surface area contributed by atoms with Crippen molar-refractivity contribution >= 4 is 5.91 Å². The van der Waals surface area contributed by atoms with Crippen LogP contribution in [0.15, 0.2) is 30.5 Å². The van der Waals surface area contributed by atoms with Crippen molar-refractivity contribution in [3.05, 3.63) is 58.9 Å². The number of carbonyl (C=O) groups excluding carboxylic acids is 1. The molecule has 1 atom stereocenters. The number of amides is 1. The van der Waals surface area contributed by atoms with Gasteiger partial charge in [0.05, 0.1) is 17.3 Å². The molecule has 0 spiro atoms. The van der Waals surface area contributed by atoms with Gasteiger partial charge >= 0.3 is 0 Å². The van der Waals surface area contributed by atoms with E-state index < -0.39 is 0 Å². The quantitative estimate of drug-likeness (QED) is 0.908. The lowest BCUT2D eigenvalue weighted by molar-refractivity contribution is 0.0949. The van der Waals surface area contributed by atoms with Gasteiger partial charge in [-0.25, -0.2) is 14.4 Å². The highest BCUT2D eigenvalue weighted by atomic mass is 19.1. The molecular formula is C17H19FN4O. The molecule has 6 heteroatoms. The summed E-state index contributed by atoms with van der Waals surface area (Å²) in [5.41, 5.74) is 1.97. The summed E-state index contributed by atoms with van der Waals surface area (Å²) >= 11 is 0. The Morgan fingerprint density at radius 1 is 1.39 bits per heavy atom. The maximum absolute atomic E-state index is 12.9. The Hall–Kier alpha value is -2.34. The number of halogens is 1. The van der Waals surface area contributed by atoms with Crippen LogP contribution in [0.4, 0.5) is 4.39 Å². The minimum atomic E-state index is -0.291. The molecule has 1 saturated heterocycles. The Labute approximate surface area is 134 Å².